The summed E-state index contributed by atoms with van der Waals surface area (Å²) < 4.78 is 41.0. The van der Waals surface area contributed by atoms with Crippen molar-refractivity contribution in [1.82, 2.24) is 0 Å². The monoisotopic (exact) mass is 418 g/mol. The van der Waals surface area contributed by atoms with E-state index in [0.29, 0.717) is 21.8 Å². The lowest BCUT2D eigenvalue weighted by Gasteiger charge is -2.12. The second kappa shape index (κ2) is 8.00. The van der Waals surface area contributed by atoms with Crippen LogP contribution in [0.1, 0.15) is 15.9 Å². The highest BCUT2D eigenvalue weighted by atomic mass is 35.5. The van der Waals surface area contributed by atoms with Gasteiger partial charge in [0, 0.05) is 16.3 Å². The molecule has 5 nitrogen and oxygen atoms in total. The van der Waals surface area contributed by atoms with Gasteiger partial charge in [0.25, 0.3) is 15.9 Å². The van der Waals surface area contributed by atoms with Crippen molar-refractivity contribution in [2.45, 2.75) is 11.8 Å². The van der Waals surface area contributed by atoms with E-state index in [4.69, 9.17) is 11.6 Å². The number of nitrogens with one attached hydrogen (secondary N) is 2. The third-order valence-electron chi connectivity index (χ3n) is 3.98. The molecule has 0 radical (unpaired) electrons. The van der Waals surface area contributed by atoms with E-state index in [-0.39, 0.29) is 16.5 Å². The molecule has 0 saturated heterocycles. The Bertz CT molecular complexity index is 1130. The Morgan fingerprint density at radius 3 is 2.29 bits per heavy atom. The minimum Gasteiger partial charge on any atom is -0.322 e. The van der Waals surface area contributed by atoms with E-state index in [2.05, 4.69) is 10.0 Å². The second-order valence-corrected chi connectivity index (χ2v) is 8.14. The number of aryl methyl sites for hydroxylation is 1. The Kier molecular flexibility index (Phi) is 5.67. The van der Waals surface area contributed by atoms with Gasteiger partial charge in [0.2, 0.25) is 0 Å². The van der Waals surface area contributed by atoms with Gasteiger partial charge < -0.3 is 5.32 Å². The van der Waals surface area contributed by atoms with Gasteiger partial charge in [0.05, 0.1) is 10.6 Å². The summed E-state index contributed by atoms with van der Waals surface area (Å²) in [4.78, 5) is 12.3. The lowest BCUT2D eigenvalue weighted by Crippen LogP contribution is -2.15. The van der Waals surface area contributed by atoms with Crippen LogP contribution in [0.4, 0.5) is 15.8 Å². The van der Waals surface area contributed by atoms with Crippen molar-refractivity contribution in [3.05, 3.63) is 88.7 Å². The van der Waals surface area contributed by atoms with Crippen LogP contribution in [0.25, 0.3) is 0 Å². The first-order chi connectivity index (χ1) is 13.3. The maximum Gasteiger partial charge on any atom is 0.261 e. The van der Waals surface area contributed by atoms with Gasteiger partial charge in [-0.25, -0.2) is 12.8 Å². The molecule has 144 valence electrons. The van der Waals surface area contributed by atoms with Crippen LogP contribution in [-0.4, -0.2) is 14.3 Å². The number of benzene rings is 3. The molecule has 0 aliphatic carbocycles. The highest BCUT2D eigenvalue weighted by molar-refractivity contribution is 7.92. The third kappa shape index (κ3) is 4.49. The van der Waals surface area contributed by atoms with Gasteiger partial charge in [-0.3, -0.25) is 9.52 Å². The van der Waals surface area contributed by atoms with E-state index in [0.717, 1.165) is 0 Å². The molecule has 0 spiro atoms. The van der Waals surface area contributed by atoms with Crippen molar-refractivity contribution < 1.29 is 17.6 Å². The standard InChI is InChI=1S/C20H16ClFN2O3S/c1-13-12-16(28(26,27)24-19-5-3-2-4-17(19)22)10-11-18(13)23-20(25)14-6-8-15(21)9-7-14/h2-12,24H,1H3,(H,23,25). The van der Waals surface area contributed by atoms with Crippen molar-refractivity contribution >= 4 is 38.9 Å². The van der Waals surface area contributed by atoms with E-state index >= 15 is 0 Å². The smallest absolute Gasteiger partial charge is 0.261 e. The maximum atomic E-state index is 13.7. The van der Waals surface area contributed by atoms with E-state index in [9.17, 15) is 17.6 Å². The topological polar surface area (TPSA) is 75.3 Å². The van der Waals surface area contributed by atoms with Crippen LogP contribution in [-0.2, 0) is 10.0 Å². The number of carbonyl (C=O) groups excluding carboxylic acids is 1. The van der Waals surface area contributed by atoms with Gasteiger partial charge in [-0.15, -0.1) is 0 Å². The number of para-hydroxylation sites is 1. The second-order valence-electron chi connectivity index (χ2n) is 6.02. The number of sulfonamides is 1. The molecule has 28 heavy (non-hydrogen) atoms. The number of halogens is 2. The Hall–Kier alpha value is -2.90. The molecule has 0 unspecified atom stereocenters. The lowest BCUT2D eigenvalue weighted by atomic mass is 10.1. The predicted molar refractivity (Wildman–Crippen MR) is 108 cm³/mol. The summed E-state index contributed by atoms with van der Waals surface area (Å²) in [7, 11) is -3.98. The zero-order valence-corrected chi connectivity index (χ0v) is 16.3. The van der Waals surface area contributed by atoms with Gasteiger partial charge in [0.1, 0.15) is 5.82 Å². The molecule has 2 N–H and O–H groups in total. The zero-order valence-electron chi connectivity index (χ0n) is 14.7. The van der Waals surface area contributed by atoms with Gasteiger partial charge in [-0.05, 0) is 67.1 Å². The number of rotatable bonds is 5. The highest BCUT2D eigenvalue weighted by Gasteiger charge is 2.18. The first-order valence-electron chi connectivity index (χ1n) is 8.21. The quantitative estimate of drug-likeness (QED) is 0.622. The summed E-state index contributed by atoms with van der Waals surface area (Å²) in [5.41, 5.74) is 1.28. The molecule has 0 aliphatic rings. The fraction of sp³-hybridized carbons (Fsp3) is 0.0500. The molecule has 3 aromatic carbocycles. The number of amides is 1. The first kappa shape index (κ1) is 19.9. The Labute approximate surface area is 167 Å². The highest BCUT2D eigenvalue weighted by Crippen LogP contribution is 2.23. The van der Waals surface area contributed by atoms with Gasteiger partial charge >= 0.3 is 0 Å². The molecule has 0 aromatic heterocycles. The van der Waals surface area contributed by atoms with Crippen molar-refractivity contribution in [2.75, 3.05) is 10.0 Å². The van der Waals surface area contributed by atoms with Gasteiger partial charge in [-0.1, -0.05) is 23.7 Å². The molecule has 1 amide bonds. The lowest BCUT2D eigenvalue weighted by molar-refractivity contribution is 0.102. The molecule has 3 rings (SSSR count). The van der Waals surface area contributed by atoms with Crippen molar-refractivity contribution in [1.29, 1.82) is 0 Å². The van der Waals surface area contributed by atoms with Crippen LogP contribution in [0, 0.1) is 12.7 Å². The third-order valence-corrected chi connectivity index (χ3v) is 5.60. The minimum atomic E-state index is -3.98. The van der Waals surface area contributed by atoms with Crippen LogP contribution >= 0.6 is 11.6 Å². The SMILES string of the molecule is Cc1cc(S(=O)(=O)Nc2ccccc2F)ccc1NC(=O)c1ccc(Cl)cc1. The molecule has 0 saturated carbocycles. The Morgan fingerprint density at radius 1 is 0.964 bits per heavy atom. The normalized spacial score (nSPS) is 11.1. The average Bonchev–Trinajstić information content (AvgIpc) is 2.65. The zero-order chi connectivity index (χ0) is 20.3. The van der Waals surface area contributed by atoms with Crippen molar-refractivity contribution in [2.24, 2.45) is 0 Å². The number of hydrogen-bond acceptors (Lipinski definition) is 3. The molecule has 3 aromatic rings. The van der Waals surface area contributed by atoms with E-state index < -0.39 is 15.8 Å². The number of anilines is 2. The molecular weight excluding hydrogens is 403 g/mol. The Morgan fingerprint density at radius 2 is 1.64 bits per heavy atom. The van der Waals surface area contributed by atoms with Gasteiger partial charge in [-0.2, -0.15) is 0 Å². The molecule has 0 fully saturated rings. The fourth-order valence-electron chi connectivity index (χ4n) is 2.49. The summed E-state index contributed by atoms with van der Waals surface area (Å²) in [6.45, 7) is 1.67. The summed E-state index contributed by atoms with van der Waals surface area (Å²) in [6.07, 6.45) is 0. The summed E-state index contributed by atoms with van der Waals surface area (Å²) in [5, 5.41) is 3.24. The molecule has 0 heterocycles. The summed E-state index contributed by atoms with van der Waals surface area (Å²) in [6, 6.07) is 16.1. The molecular formula is C20H16ClFN2O3S. The van der Waals surface area contributed by atoms with Crippen LogP contribution in [0.3, 0.4) is 0 Å². The van der Waals surface area contributed by atoms with Crippen LogP contribution in [0.2, 0.25) is 5.02 Å². The van der Waals surface area contributed by atoms with E-state index in [1.165, 1.54) is 42.5 Å². The first-order valence-corrected chi connectivity index (χ1v) is 10.1. The Balaban J connectivity index is 1.80. The van der Waals surface area contributed by atoms with E-state index in [1.54, 1.807) is 31.2 Å². The average molecular weight is 419 g/mol. The fourth-order valence-corrected chi connectivity index (χ4v) is 3.76. The van der Waals surface area contributed by atoms with Crippen molar-refractivity contribution in [3.8, 4) is 0 Å². The molecule has 0 aliphatic heterocycles. The van der Waals surface area contributed by atoms with Crippen LogP contribution < -0.4 is 10.0 Å². The maximum absolute atomic E-state index is 13.7. The van der Waals surface area contributed by atoms with Gasteiger partial charge in [0.15, 0.2) is 0 Å². The van der Waals surface area contributed by atoms with Crippen LogP contribution in [0.15, 0.2) is 71.6 Å². The number of hydrogen-bond donors (Lipinski definition) is 2. The summed E-state index contributed by atoms with van der Waals surface area (Å²) >= 11 is 5.81. The van der Waals surface area contributed by atoms with E-state index in [1.807, 2.05) is 0 Å². The van der Waals surface area contributed by atoms with Crippen LogP contribution in [0.5, 0.6) is 0 Å². The predicted octanol–water partition coefficient (Wildman–Crippen LogP) is 4.84. The summed E-state index contributed by atoms with van der Waals surface area (Å²) in [5.74, 6) is -1.02. The molecule has 0 atom stereocenters. The minimum absolute atomic E-state index is 0.0438. The molecule has 8 heteroatoms. The van der Waals surface area contributed by atoms with Crippen molar-refractivity contribution in [3.63, 3.8) is 0 Å². The largest absolute Gasteiger partial charge is 0.322 e. The number of carbonyl (C=O) groups is 1. The molecule has 0 bridgehead atoms.